The Balaban J connectivity index is 1.64. The first-order chi connectivity index (χ1) is 8.39. The van der Waals surface area contributed by atoms with Gasteiger partial charge in [0.05, 0.1) is 11.2 Å². The van der Waals surface area contributed by atoms with Crippen LogP contribution >= 0.6 is 0 Å². The van der Waals surface area contributed by atoms with Crippen molar-refractivity contribution in [3.8, 4) is 0 Å². The number of hydrogen-bond acceptors (Lipinski definition) is 2. The van der Waals surface area contributed by atoms with Crippen LogP contribution in [0.3, 0.4) is 0 Å². The average molecular weight is 276 g/mol. The van der Waals surface area contributed by atoms with Gasteiger partial charge in [-0.25, -0.2) is 0 Å². The molecule has 0 aromatic heterocycles. The van der Waals surface area contributed by atoms with Crippen LogP contribution in [-0.4, -0.2) is 24.5 Å². The van der Waals surface area contributed by atoms with Crippen molar-refractivity contribution in [1.29, 1.82) is 0 Å². The van der Waals surface area contributed by atoms with Gasteiger partial charge in [-0.1, -0.05) is 0 Å². The minimum absolute atomic E-state index is 0.156. The first-order valence-electron chi connectivity index (χ1n) is 6.81. The first kappa shape index (κ1) is 13.7. The van der Waals surface area contributed by atoms with Crippen molar-refractivity contribution in [2.45, 2.75) is 76.1 Å². The van der Waals surface area contributed by atoms with Gasteiger partial charge in [0.2, 0.25) is 0 Å². The van der Waals surface area contributed by atoms with Crippen LogP contribution in [0, 0.1) is 5.41 Å². The molecular formula is C13H20BF3O2. The highest BCUT2D eigenvalue weighted by Crippen LogP contribution is 2.82. The van der Waals surface area contributed by atoms with Gasteiger partial charge < -0.3 is 9.31 Å². The third-order valence-corrected chi connectivity index (χ3v) is 5.51. The summed E-state index contributed by atoms with van der Waals surface area (Å²) in [7, 11) is -0.340. The SMILES string of the molecule is CC1(C)OB(C23CC(CC(F)(F)F)(C2)C3)OC1(C)C. The predicted molar refractivity (Wildman–Crippen MR) is 65.7 cm³/mol. The lowest BCUT2D eigenvalue weighted by Gasteiger charge is -2.71. The summed E-state index contributed by atoms with van der Waals surface area (Å²) in [6, 6.07) is 0. The van der Waals surface area contributed by atoms with Crippen molar-refractivity contribution in [3.05, 3.63) is 0 Å². The summed E-state index contributed by atoms with van der Waals surface area (Å²) in [5.74, 6) is 0. The van der Waals surface area contributed by atoms with E-state index in [4.69, 9.17) is 9.31 Å². The highest BCUT2D eigenvalue weighted by atomic mass is 19.4. The van der Waals surface area contributed by atoms with E-state index in [0.29, 0.717) is 19.3 Å². The van der Waals surface area contributed by atoms with Crippen LogP contribution in [0.1, 0.15) is 53.4 Å². The topological polar surface area (TPSA) is 18.5 Å². The fourth-order valence-electron chi connectivity index (χ4n) is 4.04. The van der Waals surface area contributed by atoms with Crippen molar-refractivity contribution in [3.63, 3.8) is 0 Å². The van der Waals surface area contributed by atoms with Gasteiger partial charge in [0, 0.05) is 11.7 Å². The maximum Gasteiger partial charge on any atom is 0.464 e. The minimum atomic E-state index is -4.05. The van der Waals surface area contributed by atoms with E-state index in [2.05, 4.69) is 0 Å². The summed E-state index contributed by atoms with van der Waals surface area (Å²) in [6.45, 7) is 7.90. The van der Waals surface area contributed by atoms with Gasteiger partial charge in [-0.3, -0.25) is 0 Å². The molecule has 0 amide bonds. The Morgan fingerprint density at radius 2 is 1.37 bits per heavy atom. The van der Waals surface area contributed by atoms with Crippen LogP contribution in [0.4, 0.5) is 13.2 Å². The number of alkyl halides is 3. The van der Waals surface area contributed by atoms with Gasteiger partial charge in [0.15, 0.2) is 0 Å². The van der Waals surface area contributed by atoms with Crippen LogP contribution in [0.15, 0.2) is 0 Å². The second-order valence-electron chi connectivity index (χ2n) is 7.77. The summed E-state index contributed by atoms with van der Waals surface area (Å²) in [4.78, 5) is 0. The van der Waals surface area contributed by atoms with Gasteiger partial charge in [-0.2, -0.15) is 13.2 Å². The van der Waals surface area contributed by atoms with E-state index in [-0.39, 0.29) is 12.4 Å². The van der Waals surface area contributed by atoms with Crippen molar-refractivity contribution in [2.75, 3.05) is 0 Å². The molecule has 19 heavy (non-hydrogen) atoms. The third-order valence-electron chi connectivity index (χ3n) is 5.51. The monoisotopic (exact) mass is 276 g/mol. The third kappa shape index (κ3) is 1.86. The molecule has 1 saturated heterocycles. The average Bonchev–Trinajstić information content (AvgIpc) is 2.24. The van der Waals surface area contributed by atoms with E-state index in [0.717, 1.165) is 0 Å². The molecule has 0 unspecified atom stereocenters. The Bertz CT molecular complexity index is 381. The molecule has 4 aliphatic rings. The fourth-order valence-corrected chi connectivity index (χ4v) is 4.04. The Labute approximate surface area is 112 Å². The second kappa shape index (κ2) is 3.33. The summed E-state index contributed by atoms with van der Waals surface area (Å²) in [5.41, 5.74) is -1.31. The molecule has 0 aromatic carbocycles. The van der Waals surface area contributed by atoms with Gasteiger partial charge in [0.25, 0.3) is 0 Å². The molecule has 0 N–H and O–H groups in total. The maximum atomic E-state index is 12.5. The second-order valence-corrected chi connectivity index (χ2v) is 7.77. The normalized spacial score (nSPS) is 42.8. The molecule has 0 aromatic rings. The Morgan fingerprint density at radius 1 is 0.947 bits per heavy atom. The molecule has 1 heterocycles. The van der Waals surface area contributed by atoms with Crippen LogP contribution in [-0.2, 0) is 9.31 Å². The zero-order valence-electron chi connectivity index (χ0n) is 11.9. The van der Waals surface area contributed by atoms with Crippen molar-refractivity contribution >= 4 is 7.12 Å². The fraction of sp³-hybridized carbons (Fsp3) is 1.00. The van der Waals surface area contributed by atoms with E-state index in [1.54, 1.807) is 0 Å². The summed E-state index contributed by atoms with van der Waals surface area (Å²) >= 11 is 0. The quantitative estimate of drug-likeness (QED) is 0.711. The zero-order valence-corrected chi connectivity index (χ0v) is 11.9. The number of rotatable bonds is 2. The zero-order chi connectivity index (χ0) is 14.3. The molecule has 3 aliphatic carbocycles. The van der Waals surface area contributed by atoms with Crippen LogP contribution in [0.2, 0.25) is 5.31 Å². The molecular weight excluding hydrogens is 256 g/mol. The van der Waals surface area contributed by atoms with Gasteiger partial charge >= 0.3 is 13.3 Å². The Hall–Kier alpha value is -0.225. The number of halogens is 3. The Morgan fingerprint density at radius 3 is 1.74 bits per heavy atom. The van der Waals surface area contributed by atoms with Crippen LogP contribution in [0.25, 0.3) is 0 Å². The molecule has 2 bridgehead atoms. The van der Waals surface area contributed by atoms with E-state index in [1.165, 1.54) is 0 Å². The van der Waals surface area contributed by atoms with Gasteiger partial charge in [-0.15, -0.1) is 0 Å². The van der Waals surface area contributed by atoms with Gasteiger partial charge in [-0.05, 0) is 52.4 Å². The van der Waals surface area contributed by atoms with E-state index < -0.39 is 29.2 Å². The highest BCUT2D eigenvalue weighted by molar-refractivity contribution is 6.51. The molecule has 2 nitrogen and oxygen atoms in total. The Kier molecular flexibility index (Phi) is 2.41. The maximum absolute atomic E-state index is 12.5. The van der Waals surface area contributed by atoms with E-state index in [1.807, 2.05) is 27.7 Å². The lowest BCUT2D eigenvalue weighted by Crippen LogP contribution is -2.65. The molecule has 3 saturated carbocycles. The highest BCUT2D eigenvalue weighted by Gasteiger charge is 2.77. The van der Waals surface area contributed by atoms with E-state index in [9.17, 15) is 13.2 Å². The van der Waals surface area contributed by atoms with Crippen molar-refractivity contribution < 1.29 is 22.5 Å². The summed E-state index contributed by atoms with van der Waals surface area (Å²) in [5, 5.41) is -0.156. The first-order valence-corrected chi connectivity index (χ1v) is 6.81. The predicted octanol–water partition coefficient (Wildman–Crippen LogP) is 3.96. The lowest BCUT2D eigenvalue weighted by atomic mass is 9.23. The molecule has 0 atom stereocenters. The molecule has 0 radical (unpaired) electrons. The molecule has 4 fully saturated rings. The van der Waals surface area contributed by atoms with Crippen LogP contribution in [0.5, 0.6) is 0 Å². The standard InChI is InChI=1S/C13H20BF3O2/c1-9(2)10(3,4)19-14(18-9)12-5-11(6-12,7-12)8-13(15,16)17/h5-8H2,1-4H3. The summed E-state index contributed by atoms with van der Waals surface area (Å²) < 4.78 is 49.4. The smallest absolute Gasteiger partial charge is 0.403 e. The van der Waals surface area contributed by atoms with Crippen molar-refractivity contribution in [2.24, 2.45) is 5.41 Å². The number of hydrogen-bond donors (Lipinski definition) is 0. The molecule has 108 valence electrons. The summed E-state index contributed by atoms with van der Waals surface area (Å²) in [6.07, 6.45) is -2.92. The largest absolute Gasteiger partial charge is 0.464 e. The van der Waals surface area contributed by atoms with E-state index >= 15 is 0 Å². The minimum Gasteiger partial charge on any atom is -0.403 e. The molecule has 1 aliphatic heterocycles. The van der Waals surface area contributed by atoms with Crippen LogP contribution < -0.4 is 0 Å². The molecule has 0 spiro atoms. The molecule has 4 rings (SSSR count). The van der Waals surface area contributed by atoms with Gasteiger partial charge in [0.1, 0.15) is 0 Å². The van der Waals surface area contributed by atoms with Crippen molar-refractivity contribution in [1.82, 2.24) is 0 Å². The molecule has 6 heteroatoms. The lowest BCUT2D eigenvalue weighted by molar-refractivity contribution is -0.219.